The second kappa shape index (κ2) is 4.44. The fourth-order valence-corrected chi connectivity index (χ4v) is 2.16. The number of pyridine rings is 1. The number of nitrogens with zero attached hydrogens (tertiary/aromatic N) is 2. The summed E-state index contributed by atoms with van der Waals surface area (Å²) < 4.78 is 11.7. The Morgan fingerprint density at radius 2 is 2.21 bits per heavy atom. The SMILES string of the molecule is COC(=O)c1cccc2c(Cl)nc(-c3ccco3)n12. The monoisotopic (exact) mass is 276 g/mol. The predicted octanol–water partition coefficient (Wildman–Crippen LogP) is 3.03. The summed E-state index contributed by atoms with van der Waals surface area (Å²) in [6, 6.07) is 8.63. The zero-order valence-corrected chi connectivity index (χ0v) is 10.7. The first kappa shape index (κ1) is 11.8. The van der Waals surface area contributed by atoms with Crippen molar-refractivity contribution in [3.8, 4) is 11.6 Å². The summed E-state index contributed by atoms with van der Waals surface area (Å²) in [6.45, 7) is 0. The first-order valence-electron chi connectivity index (χ1n) is 5.51. The minimum absolute atomic E-state index is 0.303. The van der Waals surface area contributed by atoms with Gasteiger partial charge in [0.25, 0.3) is 0 Å². The number of carbonyl (C=O) groups excluding carboxylic acids is 1. The fourth-order valence-electron chi connectivity index (χ4n) is 1.93. The van der Waals surface area contributed by atoms with Gasteiger partial charge in [0, 0.05) is 0 Å². The minimum atomic E-state index is -0.465. The second-order valence-corrected chi connectivity index (χ2v) is 4.18. The summed E-state index contributed by atoms with van der Waals surface area (Å²) in [4.78, 5) is 16.1. The van der Waals surface area contributed by atoms with E-state index in [2.05, 4.69) is 4.98 Å². The van der Waals surface area contributed by atoms with E-state index in [1.54, 1.807) is 34.7 Å². The molecule has 0 saturated heterocycles. The lowest BCUT2D eigenvalue weighted by Crippen LogP contribution is -2.08. The first-order chi connectivity index (χ1) is 9.22. The van der Waals surface area contributed by atoms with E-state index in [-0.39, 0.29) is 0 Å². The molecule has 0 atom stereocenters. The van der Waals surface area contributed by atoms with E-state index < -0.39 is 5.97 Å². The van der Waals surface area contributed by atoms with Gasteiger partial charge >= 0.3 is 5.97 Å². The molecule has 6 heteroatoms. The first-order valence-corrected chi connectivity index (χ1v) is 5.89. The summed E-state index contributed by atoms with van der Waals surface area (Å²) in [5, 5.41) is 0.303. The van der Waals surface area contributed by atoms with Crippen molar-refractivity contribution in [1.29, 1.82) is 0 Å². The van der Waals surface area contributed by atoms with Crippen molar-refractivity contribution in [2.24, 2.45) is 0 Å². The molecule has 3 aromatic rings. The second-order valence-electron chi connectivity index (χ2n) is 3.83. The van der Waals surface area contributed by atoms with E-state index in [1.165, 1.54) is 13.4 Å². The molecule has 19 heavy (non-hydrogen) atoms. The summed E-state index contributed by atoms with van der Waals surface area (Å²) in [5.74, 6) is 0.525. The maximum atomic E-state index is 11.8. The molecule has 3 heterocycles. The smallest absolute Gasteiger partial charge is 0.355 e. The van der Waals surface area contributed by atoms with Crippen LogP contribution in [0, 0.1) is 0 Å². The maximum Gasteiger partial charge on any atom is 0.355 e. The lowest BCUT2D eigenvalue weighted by Gasteiger charge is -2.05. The quantitative estimate of drug-likeness (QED) is 0.675. The van der Waals surface area contributed by atoms with Gasteiger partial charge in [0.05, 0.1) is 18.9 Å². The van der Waals surface area contributed by atoms with Gasteiger partial charge in [-0.1, -0.05) is 17.7 Å². The van der Waals surface area contributed by atoms with Crippen molar-refractivity contribution < 1.29 is 13.9 Å². The minimum Gasteiger partial charge on any atom is -0.464 e. The van der Waals surface area contributed by atoms with Crippen molar-refractivity contribution in [3.63, 3.8) is 0 Å². The van der Waals surface area contributed by atoms with E-state index in [0.717, 1.165) is 0 Å². The van der Waals surface area contributed by atoms with E-state index >= 15 is 0 Å². The zero-order chi connectivity index (χ0) is 13.4. The van der Waals surface area contributed by atoms with Crippen LogP contribution in [-0.2, 0) is 4.74 Å². The Morgan fingerprint density at radius 3 is 2.89 bits per heavy atom. The van der Waals surface area contributed by atoms with Crippen molar-refractivity contribution >= 4 is 23.1 Å². The number of rotatable bonds is 2. The zero-order valence-electron chi connectivity index (χ0n) is 9.96. The Kier molecular flexibility index (Phi) is 2.76. The van der Waals surface area contributed by atoms with Crippen LogP contribution in [0.4, 0.5) is 0 Å². The Morgan fingerprint density at radius 1 is 1.37 bits per heavy atom. The predicted molar refractivity (Wildman–Crippen MR) is 69.2 cm³/mol. The van der Waals surface area contributed by atoms with Crippen molar-refractivity contribution in [3.05, 3.63) is 47.4 Å². The molecule has 0 N–H and O–H groups in total. The highest BCUT2D eigenvalue weighted by molar-refractivity contribution is 6.33. The van der Waals surface area contributed by atoms with Gasteiger partial charge in [0.15, 0.2) is 16.7 Å². The number of furan rings is 1. The van der Waals surface area contributed by atoms with Crippen LogP contribution in [0.5, 0.6) is 0 Å². The summed E-state index contributed by atoms with van der Waals surface area (Å²) in [5.41, 5.74) is 0.960. The largest absolute Gasteiger partial charge is 0.464 e. The van der Waals surface area contributed by atoms with Crippen LogP contribution < -0.4 is 0 Å². The molecule has 0 aromatic carbocycles. The number of hydrogen-bond acceptors (Lipinski definition) is 4. The van der Waals surface area contributed by atoms with Gasteiger partial charge in [-0.2, -0.15) is 0 Å². The van der Waals surface area contributed by atoms with Crippen molar-refractivity contribution in [2.75, 3.05) is 7.11 Å². The van der Waals surface area contributed by atoms with Crippen LogP contribution in [0.3, 0.4) is 0 Å². The van der Waals surface area contributed by atoms with Crippen LogP contribution in [-0.4, -0.2) is 22.5 Å². The molecule has 3 aromatic heterocycles. The molecule has 0 saturated carbocycles. The highest BCUT2D eigenvalue weighted by Gasteiger charge is 2.19. The molecule has 0 radical (unpaired) electrons. The normalized spacial score (nSPS) is 10.8. The van der Waals surface area contributed by atoms with Gasteiger partial charge in [0.2, 0.25) is 0 Å². The van der Waals surface area contributed by atoms with E-state index in [4.69, 9.17) is 20.8 Å². The molecule has 0 aliphatic carbocycles. The number of methoxy groups -OCH3 is 1. The van der Waals surface area contributed by atoms with Crippen molar-refractivity contribution in [2.45, 2.75) is 0 Å². The van der Waals surface area contributed by atoms with E-state index in [9.17, 15) is 4.79 Å². The standard InChI is InChI=1S/C13H9ClN2O3/c1-18-13(17)9-5-2-4-8-11(14)15-12(16(8)9)10-6-3-7-19-10/h2-7H,1H3. The third-order valence-electron chi connectivity index (χ3n) is 2.75. The third-order valence-corrected chi connectivity index (χ3v) is 3.03. The van der Waals surface area contributed by atoms with Gasteiger partial charge in [-0.15, -0.1) is 0 Å². The number of ether oxygens (including phenoxy) is 1. The van der Waals surface area contributed by atoms with Crippen LogP contribution >= 0.6 is 11.6 Å². The average Bonchev–Trinajstić information content (AvgIpc) is 3.06. The Hall–Kier alpha value is -2.27. The van der Waals surface area contributed by atoms with Crippen LogP contribution in [0.25, 0.3) is 17.1 Å². The van der Waals surface area contributed by atoms with Crippen LogP contribution in [0.2, 0.25) is 5.15 Å². The highest BCUT2D eigenvalue weighted by Crippen LogP contribution is 2.27. The lowest BCUT2D eigenvalue weighted by atomic mass is 10.3. The molecule has 0 unspecified atom stereocenters. The van der Waals surface area contributed by atoms with Crippen LogP contribution in [0.15, 0.2) is 41.0 Å². The number of carbonyl (C=O) groups is 1. The number of halogens is 1. The maximum absolute atomic E-state index is 11.8. The number of imidazole rings is 1. The number of hydrogen-bond donors (Lipinski definition) is 0. The molecule has 0 aliphatic heterocycles. The molecule has 0 aliphatic rings. The summed E-state index contributed by atoms with van der Waals surface area (Å²) in [7, 11) is 1.33. The summed E-state index contributed by atoms with van der Waals surface area (Å²) >= 11 is 6.09. The molecular formula is C13H9ClN2O3. The van der Waals surface area contributed by atoms with Crippen LogP contribution in [0.1, 0.15) is 10.5 Å². The van der Waals surface area contributed by atoms with Gasteiger partial charge in [-0.3, -0.25) is 4.40 Å². The molecular weight excluding hydrogens is 268 g/mol. The molecule has 96 valence electrons. The van der Waals surface area contributed by atoms with E-state index in [0.29, 0.717) is 27.9 Å². The van der Waals surface area contributed by atoms with Gasteiger partial charge in [-0.25, -0.2) is 9.78 Å². The van der Waals surface area contributed by atoms with E-state index in [1.807, 2.05) is 0 Å². The van der Waals surface area contributed by atoms with Gasteiger partial charge in [0.1, 0.15) is 5.69 Å². The van der Waals surface area contributed by atoms with Gasteiger partial charge in [-0.05, 0) is 24.3 Å². The summed E-state index contributed by atoms with van der Waals surface area (Å²) in [6.07, 6.45) is 1.53. The average molecular weight is 277 g/mol. The molecule has 3 rings (SSSR count). The van der Waals surface area contributed by atoms with Gasteiger partial charge < -0.3 is 9.15 Å². The molecule has 0 bridgehead atoms. The third kappa shape index (κ3) is 1.79. The molecule has 0 amide bonds. The Balaban J connectivity index is 2.37. The Labute approximate surface area is 113 Å². The topological polar surface area (TPSA) is 56.7 Å². The number of esters is 1. The molecule has 0 spiro atoms. The fraction of sp³-hybridized carbons (Fsp3) is 0.0769. The highest BCUT2D eigenvalue weighted by atomic mass is 35.5. The number of fused-ring (bicyclic) bond motifs is 1. The van der Waals surface area contributed by atoms with Crippen molar-refractivity contribution in [1.82, 2.24) is 9.38 Å². The Bertz CT molecular complexity index is 747. The molecule has 0 fully saturated rings. The number of aromatic nitrogens is 2. The molecule has 5 nitrogen and oxygen atoms in total. The lowest BCUT2D eigenvalue weighted by molar-refractivity contribution is 0.0592.